The summed E-state index contributed by atoms with van der Waals surface area (Å²) in [5, 5.41) is 1.08. The lowest BCUT2D eigenvalue weighted by molar-refractivity contribution is 0.362. The molecule has 0 aliphatic rings. The van der Waals surface area contributed by atoms with E-state index in [0.29, 0.717) is 12.5 Å². The van der Waals surface area contributed by atoms with Gasteiger partial charge < -0.3 is 4.74 Å². The Morgan fingerprint density at radius 2 is 2.12 bits per heavy atom. The van der Waals surface area contributed by atoms with Gasteiger partial charge in [-0.25, -0.2) is 0 Å². The number of benzene rings is 1. The van der Waals surface area contributed by atoms with Crippen molar-refractivity contribution in [2.45, 2.75) is 0 Å². The first kappa shape index (κ1) is 11.0. The summed E-state index contributed by atoms with van der Waals surface area (Å²) in [6, 6.07) is 9.94. The predicted octanol–water partition coefficient (Wildman–Crippen LogP) is 3.41. The second-order valence-electron chi connectivity index (χ2n) is 3.30. The number of para-hydroxylation sites is 1. The lowest BCUT2D eigenvalue weighted by Gasteiger charge is -2.03. The highest BCUT2D eigenvalue weighted by Crippen LogP contribution is 2.17. The zero-order valence-electron chi connectivity index (χ0n) is 8.77. The number of nitrogens with zero attached hydrogens (tertiary/aromatic N) is 1. The summed E-state index contributed by atoms with van der Waals surface area (Å²) in [5.74, 6) is 1.29. The molecule has 0 amide bonds. The van der Waals surface area contributed by atoms with E-state index in [0.717, 1.165) is 16.7 Å². The molecule has 3 heteroatoms. The van der Waals surface area contributed by atoms with Gasteiger partial charge in [-0.1, -0.05) is 30.4 Å². The van der Waals surface area contributed by atoms with Crippen LogP contribution in [0.4, 0.5) is 0 Å². The smallest absolute Gasteiger partial charge is 0.138 e. The van der Waals surface area contributed by atoms with Crippen LogP contribution in [-0.2, 0) is 0 Å². The van der Waals surface area contributed by atoms with Crippen LogP contribution in [0.5, 0.6) is 5.75 Å². The van der Waals surface area contributed by atoms with Gasteiger partial charge in [0.25, 0.3) is 0 Å². The number of fused-ring (bicyclic) bond motifs is 1. The topological polar surface area (TPSA) is 22.1 Å². The fourth-order valence-electron chi connectivity index (χ4n) is 1.41. The number of allylic oxidation sites excluding steroid dienone is 1. The first-order chi connectivity index (χ1) is 7.90. The molecule has 0 aliphatic heterocycles. The third-order valence-electron chi connectivity index (χ3n) is 2.17. The van der Waals surface area contributed by atoms with E-state index in [1.54, 1.807) is 6.20 Å². The molecular weight excluding hydrogens is 222 g/mol. The van der Waals surface area contributed by atoms with Crippen molar-refractivity contribution in [3.05, 3.63) is 48.7 Å². The first-order valence-electron chi connectivity index (χ1n) is 5.09. The summed E-state index contributed by atoms with van der Waals surface area (Å²) in [6.45, 7) is 0.521. The van der Waals surface area contributed by atoms with Crippen LogP contribution in [0.25, 0.3) is 10.9 Å². The Morgan fingerprint density at radius 3 is 3.00 bits per heavy atom. The number of ether oxygens (including phenoxy) is 1. The van der Waals surface area contributed by atoms with Gasteiger partial charge in [-0.2, -0.15) is 0 Å². The van der Waals surface area contributed by atoms with Crippen LogP contribution >= 0.6 is 11.6 Å². The van der Waals surface area contributed by atoms with Gasteiger partial charge in [-0.05, 0) is 12.1 Å². The Morgan fingerprint density at radius 1 is 1.25 bits per heavy atom. The average Bonchev–Trinajstić information content (AvgIpc) is 2.34. The summed E-state index contributed by atoms with van der Waals surface area (Å²) in [6.07, 6.45) is 5.48. The lowest BCUT2D eigenvalue weighted by Crippen LogP contribution is -1.94. The zero-order valence-corrected chi connectivity index (χ0v) is 9.52. The number of alkyl halides is 1. The van der Waals surface area contributed by atoms with Crippen molar-refractivity contribution < 1.29 is 4.74 Å². The normalized spacial score (nSPS) is 11.1. The van der Waals surface area contributed by atoms with Crippen molar-refractivity contribution in [2.24, 2.45) is 0 Å². The highest BCUT2D eigenvalue weighted by atomic mass is 35.5. The molecule has 82 valence electrons. The standard InChI is InChI=1S/C13H12ClNO/c14-7-3-4-8-16-12-9-11-5-1-2-6-13(11)15-10-12/h1-6,9-10H,7-8H2/b4-3+. The molecule has 0 saturated heterocycles. The van der Waals surface area contributed by atoms with Gasteiger partial charge in [0, 0.05) is 11.3 Å². The van der Waals surface area contributed by atoms with Crippen LogP contribution < -0.4 is 4.74 Å². The van der Waals surface area contributed by atoms with Crippen LogP contribution in [-0.4, -0.2) is 17.5 Å². The Balaban J connectivity index is 2.10. The molecule has 0 unspecified atom stereocenters. The second kappa shape index (κ2) is 5.52. The molecule has 0 radical (unpaired) electrons. The molecule has 0 atom stereocenters. The maximum absolute atomic E-state index is 5.51. The van der Waals surface area contributed by atoms with E-state index in [-0.39, 0.29) is 0 Å². The molecule has 2 rings (SSSR count). The summed E-state index contributed by atoms with van der Waals surface area (Å²) in [5.41, 5.74) is 0.978. The average molecular weight is 234 g/mol. The maximum Gasteiger partial charge on any atom is 0.138 e. The van der Waals surface area contributed by atoms with E-state index >= 15 is 0 Å². The molecule has 2 aromatic rings. The van der Waals surface area contributed by atoms with Crippen molar-refractivity contribution in [1.29, 1.82) is 0 Å². The van der Waals surface area contributed by atoms with E-state index in [4.69, 9.17) is 16.3 Å². The van der Waals surface area contributed by atoms with Gasteiger partial charge in [0.15, 0.2) is 0 Å². The maximum atomic E-state index is 5.51. The quantitative estimate of drug-likeness (QED) is 0.597. The van der Waals surface area contributed by atoms with Crippen LogP contribution in [0.1, 0.15) is 0 Å². The van der Waals surface area contributed by atoms with Gasteiger partial charge in [0.2, 0.25) is 0 Å². The summed E-state index contributed by atoms with van der Waals surface area (Å²) in [7, 11) is 0. The van der Waals surface area contributed by atoms with Crippen LogP contribution in [0.2, 0.25) is 0 Å². The van der Waals surface area contributed by atoms with E-state index in [1.807, 2.05) is 42.5 Å². The molecule has 0 fully saturated rings. The van der Waals surface area contributed by atoms with E-state index in [1.165, 1.54) is 0 Å². The largest absolute Gasteiger partial charge is 0.488 e. The van der Waals surface area contributed by atoms with Crippen molar-refractivity contribution >= 4 is 22.5 Å². The zero-order chi connectivity index (χ0) is 11.2. The van der Waals surface area contributed by atoms with Gasteiger partial charge in [-0.3, -0.25) is 4.98 Å². The minimum Gasteiger partial charge on any atom is -0.488 e. The molecule has 0 aliphatic carbocycles. The lowest BCUT2D eigenvalue weighted by atomic mass is 10.2. The van der Waals surface area contributed by atoms with Crippen LogP contribution in [0, 0.1) is 0 Å². The van der Waals surface area contributed by atoms with E-state index in [2.05, 4.69) is 4.98 Å². The monoisotopic (exact) mass is 233 g/mol. The Labute approximate surface area is 99.5 Å². The van der Waals surface area contributed by atoms with Crippen LogP contribution in [0.3, 0.4) is 0 Å². The number of aromatic nitrogens is 1. The molecule has 0 N–H and O–H groups in total. The molecule has 1 aromatic carbocycles. The second-order valence-corrected chi connectivity index (χ2v) is 3.61. The fourth-order valence-corrected chi connectivity index (χ4v) is 1.53. The predicted molar refractivity (Wildman–Crippen MR) is 67.1 cm³/mol. The van der Waals surface area contributed by atoms with Crippen molar-refractivity contribution in [1.82, 2.24) is 4.98 Å². The highest BCUT2D eigenvalue weighted by Gasteiger charge is 1.96. The molecule has 0 spiro atoms. The third kappa shape index (κ3) is 2.74. The Bertz CT molecular complexity index is 496. The van der Waals surface area contributed by atoms with Gasteiger partial charge in [0.1, 0.15) is 12.4 Å². The number of halogens is 1. The van der Waals surface area contributed by atoms with Crippen LogP contribution in [0.15, 0.2) is 48.7 Å². The number of rotatable bonds is 4. The summed E-state index contributed by atoms with van der Waals surface area (Å²) < 4.78 is 5.51. The SMILES string of the molecule is ClC/C=C/COc1cnc2ccccc2c1. The summed E-state index contributed by atoms with van der Waals surface area (Å²) in [4.78, 5) is 4.30. The number of hydrogen-bond acceptors (Lipinski definition) is 2. The fraction of sp³-hybridized carbons (Fsp3) is 0.154. The molecule has 16 heavy (non-hydrogen) atoms. The number of pyridine rings is 1. The first-order valence-corrected chi connectivity index (χ1v) is 5.62. The minimum atomic E-state index is 0.513. The van der Waals surface area contributed by atoms with E-state index < -0.39 is 0 Å². The molecule has 0 bridgehead atoms. The van der Waals surface area contributed by atoms with Crippen molar-refractivity contribution in [3.8, 4) is 5.75 Å². The minimum absolute atomic E-state index is 0.513. The van der Waals surface area contributed by atoms with E-state index in [9.17, 15) is 0 Å². The van der Waals surface area contributed by atoms with Gasteiger partial charge in [-0.15, -0.1) is 11.6 Å². The van der Waals surface area contributed by atoms with Gasteiger partial charge >= 0.3 is 0 Å². The third-order valence-corrected chi connectivity index (χ3v) is 2.35. The molecule has 1 aromatic heterocycles. The Hall–Kier alpha value is -1.54. The van der Waals surface area contributed by atoms with Gasteiger partial charge in [0.05, 0.1) is 11.7 Å². The number of hydrogen-bond donors (Lipinski definition) is 0. The molecule has 0 saturated carbocycles. The van der Waals surface area contributed by atoms with Crippen molar-refractivity contribution in [3.63, 3.8) is 0 Å². The van der Waals surface area contributed by atoms with Crippen molar-refractivity contribution in [2.75, 3.05) is 12.5 Å². The summed E-state index contributed by atoms with van der Waals surface area (Å²) >= 11 is 5.51. The Kier molecular flexibility index (Phi) is 3.78. The molecule has 1 heterocycles. The molecular formula is C13H12ClNO. The molecule has 2 nitrogen and oxygen atoms in total. The highest BCUT2D eigenvalue weighted by molar-refractivity contribution is 6.18.